The Morgan fingerprint density at radius 1 is 0.953 bits per heavy atom. The van der Waals surface area contributed by atoms with Crippen LogP contribution < -0.4 is 15.0 Å². The Morgan fingerprint density at radius 2 is 1.58 bits per heavy atom. The number of sulfone groups is 1. The lowest BCUT2D eigenvalue weighted by atomic mass is 10.1. The molecule has 0 saturated carbocycles. The van der Waals surface area contributed by atoms with Crippen molar-refractivity contribution < 1.29 is 27.5 Å². The molecule has 0 radical (unpaired) electrons. The number of amidine groups is 1. The third-order valence-corrected chi connectivity index (χ3v) is 10.1. The van der Waals surface area contributed by atoms with Crippen molar-refractivity contribution in [2.24, 2.45) is 4.99 Å². The summed E-state index contributed by atoms with van der Waals surface area (Å²) in [6.07, 6.45) is -0.498. The van der Waals surface area contributed by atoms with E-state index in [1.165, 1.54) is 11.8 Å². The predicted octanol–water partition coefficient (Wildman–Crippen LogP) is 5.00. The number of thioether (sulfide) groups is 1. The average molecular weight is 622 g/mol. The molecule has 3 atom stereocenters. The van der Waals surface area contributed by atoms with Crippen LogP contribution in [-0.4, -0.2) is 60.0 Å². The number of aliphatic imine (C=N–C) groups is 1. The van der Waals surface area contributed by atoms with Gasteiger partial charge >= 0.3 is 6.09 Å². The number of nitrogens with zero attached hydrogens (tertiary/aromatic N) is 2. The van der Waals surface area contributed by atoms with Gasteiger partial charge in [-0.05, 0) is 56.2 Å². The predicted molar refractivity (Wildman–Crippen MR) is 169 cm³/mol. The molecule has 2 saturated heterocycles. The van der Waals surface area contributed by atoms with E-state index in [-0.39, 0.29) is 29.2 Å². The third kappa shape index (κ3) is 8.17. The third-order valence-electron chi connectivity index (χ3n) is 6.91. The molecule has 2 fully saturated rings. The van der Waals surface area contributed by atoms with Crippen molar-refractivity contribution in [1.29, 1.82) is 0 Å². The fourth-order valence-electron chi connectivity index (χ4n) is 4.98. The van der Waals surface area contributed by atoms with Gasteiger partial charge in [0.15, 0.2) is 15.0 Å². The number of anilines is 1. The van der Waals surface area contributed by atoms with Crippen molar-refractivity contribution in [2.75, 3.05) is 16.4 Å². The number of nitrogens with one attached hydrogen (secondary N) is 1. The van der Waals surface area contributed by atoms with Gasteiger partial charge in [-0.15, -0.1) is 0 Å². The second kappa shape index (κ2) is 12.8. The molecule has 5 rings (SSSR count). The second-order valence-corrected chi connectivity index (χ2v) is 14.9. The van der Waals surface area contributed by atoms with Gasteiger partial charge in [0.2, 0.25) is 0 Å². The first-order chi connectivity index (χ1) is 20.5. The molecule has 3 aromatic rings. The summed E-state index contributed by atoms with van der Waals surface area (Å²) < 4.78 is 36.4. The normalized spacial score (nSPS) is 20.8. The first-order valence-electron chi connectivity index (χ1n) is 14.0. The maximum atomic E-state index is 13.7. The van der Waals surface area contributed by atoms with Gasteiger partial charge in [0.25, 0.3) is 5.91 Å². The summed E-state index contributed by atoms with van der Waals surface area (Å²) in [6.45, 7) is 5.66. The van der Waals surface area contributed by atoms with Gasteiger partial charge in [0.1, 0.15) is 24.0 Å². The van der Waals surface area contributed by atoms with Crippen LogP contribution in [0.15, 0.2) is 89.9 Å². The van der Waals surface area contributed by atoms with Crippen LogP contribution >= 0.6 is 11.8 Å². The Kier molecular flexibility index (Phi) is 9.12. The average Bonchev–Trinajstić information content (AvgIpc) is 3.42. The molecule has 0 aromatic heterocycles. The number of carbonyl (C=O) groups excluding carboxylic acids is 2. The van der Waals surface area contributed by atoms with Gasteiger partial charge in [-0.25, -0.2) is 13.2 Å². The molecular weight excluding hydrogens is 587 g/mol. The maximum absolute atomic E-state index is 13.7. The Bertz CT molecular complexity index is 1570. The molecule has 0 unspecified atom stereocenters. The van der Waals surface area contributed by atoms with Crippen LogP contribution in [-0.2, 0) is 32.4 Å². The van der Waals surface area contributed by atoms with E-state index in [4.69, 9.17) is 9.47 Å². The van der Waals surface area contributed by atoms with Crippen molar-refractivity contribution in [3.05, 3.63) is 96.1 Å². The van der Waals surface area contributed by atoms with Crippen molar-refractivity contribution in [2.45, 2.75) is 56.7 Å². The highest BCUT2D eigenvalue weighted by molar-refractivity contribution is 8.16. The molecule has 11 heteroatoms. The number of hydrogen-bond donors (Lipinski definition) is 1. The monoisotopic (exact) mass is 621 g/mol. The van der Waals surface area contributed by atoms with Gasteiger partial charge in [0.05, 0.1) is 17.5 Å². The number of benzene rings is 3. The number of fused-ring (bicyclic) bond motifs is 1. The minimum atomic E-state index is -3.24. The standard InChI is InChI=1S/C32H35N3O6S2/c1-32(2,3)41-31(37)33-26(18-22-10-6-4-7-11-22)29(36)34-30-35(27-20-43(38,39)21-28(27)42-30)24-14-16-25(17-15-24)40-19-23-12-8-5-9-13-23/h4-17,26-28H,18-21H2,1-3H3,(H,33,37)/t26-,27-,28-/m1/s1. The molecule has 9 nitrogen and oxygen atoms in total. The molecule has 0 spiro atoms. The number of amides is 2. The van der Waals surface area contributed by atoms with E-state index in [9.17, 15) is 18.0 Å². The number of ether oxygens (including phenoxy) is 2. The Morgan fingerprint density at radius 3 is 2.21 bits per heavy atom. The first-order valence-corrected chi connectivity index (χ1v) is 16.7. The van der Waals surface area contributed by atoms with Crippen LogP contribution in [0.2, 0.25) is 0 Å². The molecule has 43 heavy (non-hydrogen) atoms. The van der Waals surface area contributed by atoms with Crippen LogP contribution in [0.25, 0.3) is 0 Å². The molecule has 3 aromatic carbocycles. The van der Waals surface area contributed by atoms with E-state index >= 15 is 0 Å². The zero-order valence-corrected chi connectivity index (χ0v) is 25.9. The molecule has 2 amide bonds. The molecule has 0 bridgehead atoms. The summed E-state index contributed by atoms with van der Waals surface area (Å²) >= 11 is 1.28. The molecular formula is C32H35N3O6S2. The van der Waals surface area contributed by atoms with E-state index < -0.39 is 33.5 Å². The topological polar surface area (TPSA) is 114 Å². The summed E-state index contributed by atoms with van der Waals surface area (Å²) in [7, 11) is -3.24. The van der Waals surface area contributed by atoms with Crippen LogP contribution in [0.1, 0.15) is 31.9 Å². The van der Waals surface area contributed by atoms with Crippen molar-refractivity contribution in [3.63, 3.8) is 0 Å². The smallest absolute Gasteiger partial charge is 0.408 e. The van der Waals surface area contributed by atoms with Crippen LogP contribution in [0, 0.1) is 0 Å². The largest absolute Gasteiger partial charge is 0.489 e. The summed E-state index contributed by atoms with van der Waals surface area (Å²) in [4.78, 5) is 32.6. The van der Waals surface area contributed by atoms with Gasteiger partial charge in [0, 0.05) is 17.4 Å². The lowest BCUT2D eigenvalue weighted by molar-refractivity contribution is -0.119. The van der Waals surface area contributed by atoms with Gasteiger partial charge in [-0.3, -0.25) is 4.79 Å². The lowest BCUT2D eigenvalue weighted by Crippen LogP contribution is -2.45. The number of alkyl carbamates (subject to hydrolysis) is 1. The maximum Gasteiger partial charge on any atom is 0.408 e. The highest BCUT2D eigenvalue weighted by Gasteiger charge is 2.49. The SMILES string of the molecule is CC(C)(C)OC(=O)N[C@H](Cc1ccccc1)C(=O)N=C1S[C@@H]2CS(=O)(=O)C[C@H]2N1c1ccc(OCc2ccccc2)cc1. The molecule has 2 aliphatic rings. The van der Waals surface area contributed by atoms with E-state index in [0.717, 1.165) is 11.1 Å². The highest BCUT2D eigenvalue weighted by Crippen LogP contribution is 2.41. The first kappa shape index (κ1) is 30.6. The minimum absolute atomic E-state index is 0.00785. The van der Waals surface area contributed by atoms with Gasteiger partial charge in [-0.2, -0.15) is 4.99 Å². The Hall–Kier alpha value is -3.83. The molecule has 2 aliphatic heterocycles. The van der Waals surface area contributed by atoms with Crippen molar-refractivity contribution in [3.8, 4) is 5.75 Å². The van der Waals surface area contributed by atoms with E-state index in [1.54, 1.807) is 20.8 Å². The number of hydrogen-bond acceptors (Lipinski definition) is 7. The van der Waals surface area contributed by atoms with Crippen LogP contribution in [0.5, 0.6) is 5.75 Å². The molecule has 2 heterocycles. The van der Waals surface area contributed by atoms with Gasteiger partial charge < -0.3 is 19.7 Å². The Balaban J connectivity index is 1.39. The number of rotatable bonds is 8. The quantitative estimate of drug-likeness (QED) is 0.374. The lowest BCUT2D eigenvalue weighted by Gasteiger charge is -2.25. The fourth-order valence-corrected chi connectivity index (χ4v) is 8.90. The van der Waals surface area contributed by atoms with Crippen LogP contribution in [0.3, 0.4) is 0 Å². The van der Waals surface area contributed by atoms with Crippen molar-refractivity contribution >= 4 is 44.5 Å². The summed E-state index contributed by atoms with van der Waals surface area (Å²) in [5, 5.41) is 2.82. The van der Waals surface area contributed by atoms with Gasteiger partial charge in [-0.1, -0.05) is 72.4 Å². The van der Waals surface area contributed by atoms with E-state index in [1.807, 2.05) is 89.8 Å². The minimum Gasteiger partial charge on any atom is -0.489 e. The number of carbonyl (C=O) groups is 2. The molecule has 1 N–H and O–H groups in total. The zero-order chi connectivity index (χ0) is 30.6. The fraction of sp³-hybridized carbons (Fsp3) is 0.344. The highest BCUT2D eigenvalue weighted by atomic mass is 32.2. The molecule has 0 aliphatic carbocycles. The Labute approximate surface area is 256 Å². The van der Waals surface area contributed by atoms with E-state index in [0.29, 0.717) is 23.2 Å². The van der Waals surface area contributed by atoms with Crippen LogP contribution in [0.4, 0.5) is 10.5 Å². The molecule has 226 valence electrons. The zero-order valence-electron chi connectivity index (χ0n) is 24.3. The summed E-state index contributed by atoms with van der Waals surface area (Å²) in [5.74, 6) is 0.0868. The van der Waals surface area contributed by atoms with Crippen molar-refractivity contribution in [1.82, 2.24) is 5.32 Å². The summed E-state index contributed by atoms with van der Waals surface area (Å²) in [5.41, 5.74) is 1.85. The summed E-state index contributed by atoms with van der Waals surface area (Å²) in [6, 6.07) is 25.1. The van der Waals surface area contributed by atoms with E-state index in [2.05, 4.69) is 10.3 Å². The second-order valence-electron chi connectivity index (χ2n) is 11.6.